The molecule has 1 aliphatic rings. The molecule has 29 heavy (non-hydrogen) atoms. The first-order valence-corrected chi connectivity index (χ1v) is 11.2. The van der Waals surface area contributed by atoms with E-state index in [1.54, 1.807) is 4.90 Å². The fourth-order valence-electron chi connectivity index (χ4n) is 3.58. The number of nitrogens with zero attached hydrogens (tertiary/aromatic N) is 2. The van der Waals surface area contributed by atoms with Gasteiger partial charge in [0.2, 0.25) is 11.8 Å². The van der Waals surface area contributed by atoms with Crippen LogP contribution in [0.15, 0.2) is 53.4 Å². The van der Waals surface area contributed by atoms with Crippen molar-refractivity contribution in [3.63, 3.8) is 0 Å². The van der Waals surface area contributed by atoms with Crippen LogP contribution in [0.2, 0.25) is 5.02 Å². The minimum absolute atomic E-state index is 0.0178. The minimum Gasteiger partial charge on any atom is -0.353 e. The van der Waals surface area contributed by atoms with Gasteiger partial charge in [-0.3, -0.25) is 14.5 Å². The van der Waals surface area contributed by atoms with Gasteiger partial charge in [-0.2, -0.15) is 0 Å². The summed E-state index contributed by atoms with van der Waals surface area (Å²) in [4.78, 5) is 30.0. The van der Waals surface area contributed by atoms with Crippen LogP contribution in [0.5, 0.6) is 0 Å². The molecule has 2 aromatic carbocycles. The zero-order chi connectivity index (χ0) is 20.8. The van der Waals surface area contributed by atoms with Crippen LogP contribution in [0.25, 0.3) is 0 Å². The smallest absolute Gasteiger partial charge is 0.240 e. The Morgan fingerprint density at radius 2 is 1.86 bits per heavy atom. The first kappa shape index (κ1) is 21.7. The Hall–Kier alpha value is -2.02. The van der Waals surface area contributed by atoms with Gasteiger partial charge in [-0.15, -0.1) is 11.8 Å². The molecule has 1 aliphatic heterocycles. The van der Waals surface area contributed by atoms with E-state index in [0.29, 0.717) is 17.3 Å². The Labute approximate surface area is 181 Å². The zero-order valence-electron chi connectivity index (χ0n) is 16.7. The third-order valence-electron chi connectivity index (χ3n) is 5.12. The van der Waals surface area contributed by atoms with Gasteiger partial charge in [0.25, 0.3) is 0 Å². The lowest BCUT2D eigenvalue weighted by atomic mass is 10.0. The van der Waals surface area contributed by atoms with Crippen LogP contribution in [0, 0.1) is 0 Å². The van der Waals surface area contributed by atoms with Crippen LogP contribution in [0.3, 0.4) is 0 Å². The molecule has 1 heterocycles. The van der Waals surface area contributed by atoms with Crippen LogP contribution in [0.4, 0.5) is 5.69 Å². The number of hydrogen-bond acceptors (Lipinski definition) is 4. The quantitative estimate of drug-likeness (QED) is 0.686. The van der Waals surface area contributed by atoms with Crippen molar-refractivity contribution in [3.05, 3.63) is 59.1 Å². The number of amides is 2. The van der Waals surface area contributed by atoms with Crippen LogP contribution < -0.4 is 10.2 Å². The number of likely N-dealkylation sites (N-methyl/N-ethyl adjacent to an activating group) is 1. The minimum atomic E-state index is -0.177. The standard InChI is InChI=1S/C22H26ClN3O2S/c1-3-25(4-2)19(16-9-5-6-10-17(16)23)13-24-21(27)14-26-18-11-7-8-12-20(18)29-15-22(26)28/h5-12,19H,3-4,13-15H2,1-2H3,(H,24,27)/t19-/m1/s1. The Morgan fingerprint density at radius 3 is 2.59 bits per heavy atom. The van der Waals surface area contributed by atoms with Crippen LogP contribution in [-0.2, 0) is 9.59 Å². The summed E-state index contributed by atoms with van der Waals surface area (Å²) in [6, 6.07) is 15.4. The lowest BCUT2D eigenvalue weighted by molar-refractivity contribution is -0.123. The van der Waals surface area contributed by atoms with E-state index < -0.39 is 0 Å². The van der Waals surface area contributed by atoms with Gasteiger partial charge in [0.05, 0.1) is 17.5 Å². The largest absolute Gasteiger partial charge is 0.353 e. The molecule has 2 amide bonds. The third kappa shape index (κ3) is 5.13. The fraction of sp³-hybridized carbons (Fsp3) is 0.364. The monoisotopic (exact) mass is 431 g/mol. The first-order chi connectivity index (χ1) is 14.0. The fourth-order valence-corrected chi connectivity index (χ4v) is 4.78. The maximum atomic E-state index is 12.7. The SMILES string of the molecule is CCN(CC)[C@H](CNC(=O)CN1C(=O)CSc2ccccc21)c1ccccc1Cl. The maximum Gasteiger partial charge on any atom is 0.240 e. The van der Waals surface area contributed by atoms with E-state index >= 15 is 0 Å². The van der Waals surface area contributed by atoms with Crippen molar-refractivity contribution in [1.29, 1.82) is 0 Å². The molecule has 1 atom stereocenters. The van der Waals surface area contributed by atoms with Gasteiger partial charge in [0.15, 0.2) is 0 Å². The van der Waals surface area contributed by atoms with Crippen LogP contribution in [0.1, 0.15) is 25.5 Å². The Balaban J connectivity index is 1.71. The van der Waals surface area contributed by atoms with E-state index in [0.717, 1.165) is 29.2 Å². The van der Waals surface area contributed by atoms with Gasteiger partial charge in [-0.1, -0.05) is 55.8 Å². The van der Waals surface area contributed by atoms with E-state index in [1.807, 2.05) is 48.5 Å². The van der Waals surface area contributed by atoms with Crippen molar-refractivity contribution in [2.45, 2.75) is 24.8 Å². The second-order valence-corrected chi connectivity index (χ2v) is 8.22. The summed E-state index contributed by atoms with van der Waals surface area (Å²) in [5.74, 6) is 0.130. The number of hydrogen-bond donors (Lipinski definition) is 1. The van der Waals surface area contributed by atoms with E-state index in [2.05, 4.69) is 24.1 Å². The number of benzene rings is 2. The van der Waals surface area contributed by atoms with E-state index in [9.17, 15) is 9.59 Å². The number of anilines is 1. The Kier molecular flexibility index (Phi) is 7.58. The molecule has 154 valence electrons. The molecule has 0 bridgehead atoms. The Morgan fingerprint density at radius 1 is 1.17 bits per heavy atom. The number of nitrogens with one attached hydrogen (secondary N) is 1. The molecular weight excluding hydrogens is 406 g/mol. The molecule has 7 heteroatoms. The second kappa shape index (κ2) is 10.1. The van der Waals surface area contributed by atoms with Gasteiger partial charge in [0.1, 0.15) is 6.54 Å². The van der Waals surface area contributed by atoms with Gasteiger partial charge in [-0.25, -0.2) is 0 Å². The summed E-state index contributed by atoms with van der Waals surface area (Å²) in [6.45, 7) is 6.33. The number of rotatable bonds is 8. The van der Waals surface area contributed by atoms with E-state index in [-0.39, 0.29) is 24.4 Å². The topological polar surface area (TPSA) is 52.7 Å². The summed E-state index contributed by atoms with van der Waals surface area (Å²) in [6.07, 6.45) is 0. The number of fused-ring (bicyclic) bond motifs is 1. The van der Waals surface area contributed by atoms with Crippen molar-refractivity contribution in [2.24, 2.45) is 0 Å². The first-order valence-electron chi connectivity index (χ1n) is 9.82. The van der Waals surface area contributed by atoms with Crippen molar-refractivity contribution in [1.82, 2.24) is 10.2 Å². The van der Waals surface area contributed by atoms with Gasteiger partial charge in [-0.05, 0) is 36.9 Å². The maximum absolute atomic E-state index is 12.7. The number of carbonyl (C=O) groups is 2. The average Bonchev–Trinajstić information content (AvgIpc) is 2.74. The molecule has 0 saturated heterocycles. The third-order valence-corrected chi connectivity index (χ3v) is 6.51. The van der Waals surface area contributed by atoms with Crippen LogP contribution in [-0.4, -0.2) is 48.6 Å². The summed E-state index contributed by atoms with van der Waals surface area (Å²) in [5, 5.41) is 3.71. The predicted octanol–water partition coefficient (Wildman–Crippen LogP) is 3.98. The van der Waals surface area contributed by atoms with E-state index in [1.165, 1.54) is 11.8 Å². The summed E-state index contributed by atoms with van der Waals surface area (Å²) >= 11 is 7.94. The van der Waals surface area contributed by atoms with Crippen LogP contribution >= 0.6 is 23.4 Å². The molecule has 5 nitrogen and oxygen atoms in total. The van der Waals surface area contributed by atoms with Gasteiger partial charge in [0, 0.05) is 16.5 Å². The number of carbonyl (C=O) groups excluding carboxylic acids is 2. The van der Waals surface area contributed by atoms with Crippen molar-refractivity contribution < 1.29 is 9.59 Å². The second-order valence-electron chi connectivity index (χ2n) is 6.80. The molecule has 0 aliphatic carbocycles. The summed E-state index contributed by atoms with van der Waals surface area (Å²) in [7, 11) is 0. The molecule has 1 N–H and O–H groups in total. The van der Waals surface area contributed by atoms with Gasteiger partial charge < -0.3 is 10.2 Å². The molecule has 0 radical (unpaired) electrons. The zero-order valence-corrected chi connectivity index (χ0v) is 18.3. The molecule has 0 aromatic heterocycles. The number of halogens is 1. The highest BCUT2D eigenvalue weighted by atomic mass is 35.5. The lowest BCUT2D eigenvalue weighted by Gasteiger charge is -2.32. The molecule has 0 unspecified atom stereocenters. The number of thioether (sulfide) groups is 1. The summed E-state index contributed by atoms with van der Waals surface area (Å²) < 4.78 is 0. The van der Waals surface area contributed by atoms with Crippen molar-refractivity contribution in [3.8, 4) is 0 Å². The van der Waals surface area contributed by atoms with E-state index in [4.69, 9.17) is 11.6 Å². The molecule has 3 rings (SSSR count). The van der Waals surface area contributed by atoms with Crippen molar-refractivity contribution >= 4 is 40.9 Å². The molecule has 0 fully saturated rings. The highest BCUT2D eigenvalue weighted by molar-refractivity contribution is 8.00. The summed E-state index contributed by atoms with van der Waals surface area (Å²) in [5.41, 5.74) is 1.80. The molecule has 0 saturated carbocycles. The molecule has 2 aromatic rings. The van der Waals surface area contributed by atoms with Crippen molar-refractivity contribution in [2.75, 3.05) is 36.8 Å². The average molecular weight is 432 g/mol. The highest BCUT2D eigenvalue weighted by Crippen LogP contribution is 2.34. The highest BCUT2D eigenvalue weighted by Gasteiger charge is 2.27. The Bertz CT molecular complexity index is 873. The van der Waals surface area contributed by atoms with Gasteiger partial charge >= 0.3 is 0 Å². The number of para-hydroxylation sites is 1. The molecular formula is C22H26ClN3O2S. The lowest BCUT2D eigenvalue weighted by Crippen LogP contribution is -2.45. The normalized spacial score (nSPS) is 14.6. The molecule has 0 spiro atoms. The predicted molar refractivity (Wildman–Crippen MR) is 120 cm³/mol.